The van der Waals surface area contributed by atoms with Gasteiger partial charge < -0.3 is 9.88 Å². The molecule has 1 saturated heterocycles. The fourth-order valence-electron chi connectivity index (χ4n) is 2.77. The zero-order chi connectivity index (χ0) is 10.4. The number of fused-ring (bicyclic) bond motifs is 4. The smallest absolute Gasteiger partial charge is 0.252 e. The van der Waals surface area contributed by atoms with Crippen molar-refractivity contribution < 1.29 is 0 Å². The van der Waals surface area contributed by atoms with Crippen LogP contribution in [0.2, 0.25) is 5.02 Å². The standard InChI is InChI=1S/C11H13ClN2O/c12-9-2-10-8-1-7(4-13-5-8)6-14(10)11(15)3-9/h2-3,7-8,13H,1,4-6H2. The Morgan fingerprint density at radius 1 is 1.40 bits per heavy atom. The second-order valence-corrected chi connectivity index (χ2v) is 4.94. The Morgan fingerprint density at radius 2 is 2.27 bits per heavy atom. The summed E-state index contributed by atoms with van der Waals surface area (Å²) in [6, 6.07) is 3.45. The summed E-state index contributed by atoms with van der Waals surface area (Å²) in [7, 11) is 0. The number of nitrogens with zero attached hydrogens (tertiary/aromatic N) is 1. The van der Waals surface area contributed by atoms with Crippen molar-refractivity contribution in [3.8, 4) is 0 Å². The van der Waals surface area contributed by atoms with Gasteiger partial charge in [-0.25, -0.2) is 0 Å². The van der Waals surface area contributed by atoms with E-state index in [9.17, 15) is 4.79 Å². The maximum atomic E-state index is 11.8. The van der Waals surface area contributed by atoms with Crippen LogP contribution < -0.4 is 10.9 Å². The van der Waals surface area contributed by atoms with E-state index < -0.39 is 0 Å². The van der Waals surface area contributed by atoms with Crippen molar-refractivity contribution in [3.63, 3.8) is 0 Å². The summed E-state index contributed by atoms with van der Waals surface area (Å²) in [5.41, 5.74) is 1.16. The van der Waals surface area contributed by atoms with Crippen molar-refractivity contribution in [2.45, 2.75) is 18.9 Å². The minimum atomic E-state index is 0.0501. The van der Waals surface area contributed by atoms with E-state index in [1.54, 1.807) is 0 Å². The topological polar surface area (TPSA) is 34.0 Å². The van der Waals surface area contributed by atoms with Gasteiger partial charge in [-0.3, -0.25) is 4.79 Å². The summed E-state index contributed by atoms with van der Waals surface area (Å²) in [4.78, 5) is 11.8. The molecule has 2 aliphatic rings. The molecule has 2 aliphatic heterocycles. The van der Waals surface area contributed by atoms with Gasteiger partial charge in [0.25, 0.3) is 5.56 Å². The molecule has 4 heteroatoms. The molecule has 0 amide bonds. The summed E-state index contributed by atoms with van der Waals surface area (Å²) in [6.45, 7) is 2.84. The van der Waals surface area contributed by atoms with Crippen LogP contribution in [0.1, 0.15) is 18.0 Å². The highest BCUT2D eigenvalue weighted by Gasteiger charge is 2.30. The summed E-state index contributed by atoms with van der Waals surface area (Å²) < 4.78 is 1.89. The van der Waals surface area contributed by atoms with E-state index in [1.807, 2.05) is 10.6 Å². The third-order valence-corrected chi connectivity index (χ3v) is 3.64. The lowest BCUT2D eigenvalue weighted by Crippen LogP contribution is -2.44. The normalized spacial score (nSPS) is 28.6. The van der Waals surface area contributed by atoms with Gasteiger partial charge in [0.05, 0.1) is 0 Å². The van der Waals surface area contributed by atoms with E-state index in [2.05, 4.69) is 5.32 Å². The first kappa shape index (κ1) is 9.43. The molecule has 0 radical (unpaired) electrons. The van der Waals surface area contributed by atoms with Crippen LogP contribution in [0.25, 0.3) is 0 Å². The van der Waals surface area contributed by atoms with Gasteiger partial charge in [-0.15, -0.1) is 0 Å². The number of rotatable bonds is 0. The zero-order valence-electron chi connectivity index (χ0n) is 8.37. The Morgan fingerprint density at radius 3 is 3.13 bits per heavy atom. The first-order chi connectivity index (χ1) is 7.24. The van der Waals surface area contributed by atoms with Crippen LogP contribution in [0.4, 0.5) is 0 Å². The molecule has 2 unspecified atom stereocenters. The Hall–Kier alpha value is -0.800. The molecule has 1 N–H and O–H groups in total. The van der Waals surface area contributed by atoms with Crippen LogP contribution in [-0.4, -0.2) is 17.7 Å². The highest BCUT2D eigenvalue weighted by atomic mass is 35.5. The Balaban J connectivity index is 2.17. The number of hydrogen-bond acceptors (Lipinski definition) is 2. The number of halogens is 1. The van der Waals surface area contributed by atoms with Gasteiger partial charge in [0.15, 0.2) is 0 Å². The molecule has 3 nitrogen and oxygen atoms in total. The molecule has 0 spiro atoms. The lowest BCUT2D eigenvalue weighted by Gasteiger charge is -2.37. The molecular formula is C11H13ClN2O. The monoisotopic (exact) mass is 224 g/mol. The van der Waals surface area contributed by atoms with Crippen LogP contribution in [-0.2, 0) is 6.54 Å². The predicted molar refractivity (Wildman–Crippen MR) is 59.4 cm³/mol. The molecule has 80 valence electrons. The lowest BCUT2D eigenvalue weighted by atomic mass is 9.84. The van der Waals surface area contributed by atoms with Gasteiger partial charge in [-0.1, -0.05) is 11.6 Å². The summed E-state index contributed by atoms with van der Waals surface area (Å²) in [6.07, 6.45) is 1.19. The summed E-state index contributed by atoms with van der Waals surface area (Å²) >= 11 is 5.92. The highest BCUT2D eigenvalue weighted by molar-refractivity contribution is 6.30. The maximum Gasteiger partial charge on any atom is 0.252 e. The first-order valence-corrected chi connectivity index (χ1v) is 5.73. The minimum Gasteiger partial charge on any atom is -0.316 e. The van der Waals surface area contributed by atoms with Gasteiger partial charge in [-0.2, -0.15) is 0 Å². The van der Waals surface area contributed by atoms with E-state index in [0.29, 0.717) is 16.9 Å². The third-order valence-electron chi connectivity index (χ3n) is 3.43. The first-order valence-electron chi connectivity index (χ1n) is 5.35. The Kier molecular flexibility index (Phi) is 2.11. The summed E-state index contributed by atoms with van der Waals surface area (Å²) in [5, 5.41) is 3.97. The summed E-state index contributed by atoms with van der Waals surface area (Å²) in [5.74, 6) is 1.07. The molecule has 0 aliphatic carbocycles. The van der Waals surface area contributed by atoms with Crippen LogP contribution in [0.3, 0.4) is 0 Å². The molecule has 2 atom stereocenters. The van der Waals surface area contributed by atoms with Crippen LogP contribution >= 0.6 is 11.6 Å². The number of piperidine rings is 1. The van der Waals surface area contributed by atoms with Crippen molar-refractivity contribution in [1.29, 1.82) is 0 Å². The van der Waals surface area contributed by atoms with Gasteiger partial charge in [0.1, 0.15) is 0 Å². The average molecular weight is 225 g/mol. The molecule has 1 aromatic heterocycles. The fourth-order valence-corrected chi connectivity index (χ4v) is 2.98. The second kappa shape index (κ2) is 3.35. The SMILES string of the molecule is O=c1cc(Cl)cc2n1CC1CNCC2C1. The molecule has 0 aromatic carbocycles. The highest BCUT2D eigenvalue weighted by Crippen LogP contribution is 2.32. The van der Waals surface area contributed by atoms with E-state index >= 15 is 0 Å². The largest absolute Gasteiger partial charge is 0.316 e. The molecule has 1 fully saturated rings. The van der Waals surface area contributed by atoms with Gasteiger partial charge >= 0.3 is 0 Å². The molecule has 3 heterocycles. The Bertz CT molecular complexity index is 454. The van der Waals surface area contributed by atoms with Crippen LogP contribution in [0, 0.1) is 5.92 Å². The quantitative estimate of drug-likeness (QED) is 0.719. The van der Waals surface area contributed by atoms with E-state index in [0.717, 1.165) is 25.3 Å². The lowest BCUT2D eigenvalue weighted by molar-refractivity contribution is 0.257. The zero-order valence-corrected chi connectivity index (χ0v) is 9.13. The van der Waals surface area contributed by atoms with Gasteiger partial charge in [0, 0.05) is 35.8 Å². The second-order valence-electron chi connectivity index (χ2n) is 4.50. The molecule has 3 rings (SSSR count). The van der Waals surface area contributed by atoms with Crippen molar-refractivity contribution in [2.75, 3.05) is 13.1 Å². The van der Waals surface area contributed by atoms with E-state index in [-0.39, 0.29) is 5.56 Å². The minimum absolute atomic E-state index is 0.0501. The van der Waals surface area contributed by atoms with Gasteiger partial charge in [0.2, 0.25) is 0 Å². The number of hydrogen-bond donors (Lipinski definition) is 1. The average Bonchev–Trinajstić information content (AvgIpc) is 2.21. The maximum absolute atomic E-state index is 11.8. The number of nitrogens with one attached hydrogen (secondary N) is 1. The molecule has 0 saturated carbocycles. The number of aromatic nitrogens is 1. The van der Waals surface area contributed by atoms with Crippen LogP contribution in [0.15, 0.2) is 16.9 Å². The molecule has 15 heavy (non-hydrogen) atoms. The number of pyridine rings is 1. The van der Waals surface area contributed by atoms with Crippen molar-refractivity contribution in [3.05, 3.63) is 33.2 Å². The van der Waals surface area contributed by atoms with Crippen LogP contribution in [0.5, 0.6) is 0 Å². The van der Waals surface area contributed by atoms with Crippen molar-refractivity contribution in [1.82, 2.24) is 9.88 Å². The fraction of sp³-hybridized carbons (Fsp3) is 0.545. The Labute approximate surface area is 93.1 Å². The van der Waals surface area contributed by atoms with E-state index in [4.69, 9.17) is 11.6 Å². The molecule has 1 aromatic rings. The van der Waals surface area contributed by atoms with Gasteiger partial charge in [-0.05, 0) is 24.9 Å². The van der Waals surface area contributed by atoms with Crippen molar-refractivity contribution >= 4 is 11.6 Å². The molecule has 2 bridgehead atoms. The van der Waals surface area contributed by atoms with E-state index in [1.165, 1.54) is 12.5 Å². The molecular weight excluding hydrogens is 212 g/mol. The van der Waals surface area contributed by atoms with Crippen molar-refractivity contribution in [2.24, 2.45) is 5.92 Å². The predicted octanol–water partition coefficient (Wildman–Crippen LogP) is 1.21. The third kappa shape index (κ3) is 1.50.